The van der Waals surface area contributed by atoms with E-state index in [1.807, 2.05) is 0 Å². The summed E-state index contributed by atoms with van der Waals surface area (Å²) in [7, 11) is 1.64. The number of amidine groups is 1. The first-order valence-corrected chi connectivity index (χ1v) is 3.34. The van der Waals surface area contributed by atoms with E-state index >= 15 is 0 Å². The van der Waals surface area contributed by atoms with Gasteiger partial charge in [0.15, 0.2) is 5.84 Å². The first-order valence-electron chi connectivity index (χ1n) is 3.34. The van der Waals surface area contributed by atoms with Crippen LogP contribution in [0, 0.1) is 0 Å². The molecule has 0 unspecified atom stereocenters. The lowest BCUT2D eigenvalue weighted by Gasteiger charge is -2.39. The van der Waals surface area contributed by atoms with Gasteiger partial charge in [-0.2, -0.15) is 5.10 Å². The van der Waals surface area contributed by atoms with Crippen LogP contribution >= 0.6 is 0 Å². The Morgan fingerprint density at radius 3 is 2.30 bits per heavy atom. The first-order chi connectivity index (χ1) is 4.75. The standard InChI is InChI=1S/C6H13N3O/c1-10-6(3-2-4-6)5(7)9-8/h2-4,8H2,1H3,(H2,7,9). The largest absolute Gasteiger partial charge is 0.383 e. The van der Waals surface area contributed by atoms with Gasteiger partial charge in [-0.25, -0.2) is 0 Å². The van der Waals surface area contributed by atoms with Crippen molar-refractivity contribution < 1.29 is 4.74 Å². The van der Waals surface area contributed by atoms with E-state index in [1.165, 1.54) is 0 Å². The smallest absolute Gasteiger partial charge is 0.151 e. The number of nitrogens with two attached hydrogens (primary N) is 2. The highest BCUT2D eigenvalue weighted by molar-refractivity contribution is 5.89. The van der Waals surface area contributed by atoms with Crippen molar-refractivity contribution in [2.45, 2.75) is 24.9 Å². The highest BCUT2D eigenvalue weighted by atomic mass is 16.5. The molecular weight excluding hydrogens is 130 g/mol. The lowest BCUT2D eigenvalue weighted by molar-refractivity contribution is -0.0136. The quantitative estimate of drug-likeness (QED) is 0.243. The lowest BCUT2D eigenvalue weighted by Crippen LogP contribution is -2.51. The molecule has 0 radical (unpaired) electrons. The van der Waals surface area contributed by atoms with Crippen molar-refractivity contribution in [3.63, 3.8) is 0 Å². The zero-order valence-electron chi connectivity index (χ0n) is 6.13. The van der Waals surface area contributed by atoms with Gasteiger partial charge in [0.1, 0.15) is 5.60 Å². The summed E-state index contributed by atoms with van der Waals surface area (Å²) in [5, 5.41) is 3.42. The van der Waals surface area contributed by atoms with Crippen LogP contribution in [0.25, 0.3) is 0 Å². The highest BCUT2D eigenvalue weighted by Gasteiger charge is 2.41. The summed E-state index contributed by atoms with van der Waals surface area (Å²) in [5.41, 5.74) is 5.20. The average Bonchev–Trinajstić information content (AvgIpc) is 1.86. The third-order valence-corrected chi connectivity index (χ3v) is 2.16. The number of methoxy groups -OCH3 is 1. The van der Waals surface area contributed by atoms with Gasteiger partial charge in [-0.1, -0.05) is 0 Å². The Morgan fingerprint density at radius 2 is 2.20 bits per heavy atom. The topological polar surface area (TPSA) is 73.6 Å². The van der Waals surface area contributed by atoms with Gasteiger partial charge in [-0.15, -0.1) is 0 Å². The molecule has 1 aliphatic carbocycles. The number of ether oxygens (including phenoxy) is 1. The van der Waals surface area contributed by atoms with Gasteiger partial charge in [-0.3, -0.25) is 0 Å². The van der Waals surface area contributed by atoms with E-state index in [0.29, 0.717) is 5.84 Å². The summed E-state index contributed by atoms with van der Waals surface area (Å²) in [6.07, 6.45) is 3.02. The molecule has 0 aliphatic heterocycles. The summed E-state index contributed by atoms with van der Waals surface area (Å²) in [5.74, 6) is 5.44. The van der Waals surface area contributed by atoms with Crippen LogP contribution in [-0.4, -0.2) is 18.5 Å². The second-order valence-electron chi connectivity index (χ2n) is 2.57. The van der Waals surface area contributed by atoms with E-state index in [-0.39, 0.29) is 5.60 Å². The summed E-state index contributed by atoms with van der Waals surface area (Å²) < 4.78 is 5.19. The first kappa shape index (κ1) is 7.34. The Bertz CT molecular complexity index is 146. The van der Waals surface area contributed by atoms with Crippen molar-refractivity contribution in [2.24, 2.45) is 16.7 Å². The molecule has 0 amide bonds. The van der Waals surface area contributed by atoms with E-state index in [4.69, 9.17) is 16.3 Å². The Balaban J connectivity index is 2.64. The van der Waals surface area contributed by atoms with E-state index in [0.717, 1.165) is 19.3 Å². The predicted octanol–water partition coefficient (Wildman–Crippen LogP) is -0.214. The predicted molar refractivity (Wildman–Crippen MR) is 39.4 cm³/mol. The maximum Gasteiger partial charge on any atom is 0.151 e. The summed E-state index contributed by atoms with van der Waals surface area (Å²) >= 11 is 0. The Morgan fingerprint density at radius 1 is 1.60 bits per heavy atom. The number of hydrazone groups is 1. The van der Waals surface area contributed by atoms with Crippen molar-refractivity contribution in [1.82, 2.24) is 0 Å². The number of rotatable bonds is 2. The number of hydrogen-bond acceptors (Lipinski definition) is 3. The minimum absolute atomic E-state index is 0.325. The molecule has 10 heavy (non-hydrogen) atoms. The molecule has 4 N–H and O–H groups in total. The summed E-state index contributed by atoms with van der Waals surface area (Å²) in [4.78, 5) is 0. The fourth-order valence-corrected chi connectivity index (χ4v) is 1.18. The summed E-state index contributed by atoms with van der Waals surface area (Å²) in [6.45, 7) is 0. The van der Waals surface area contributed by atoms with E-state index < -0.39 is 0 Å². The molecule has 58 valence electrons. The van der Waals surface area contributed by atoms with Gasteiger partial charge in [0.2, 0.25) is 0 Å². The van der Waals surface area contributed by atoms with Gasteiger partial charge >= 0.3 is 0 Å². The molecular formula is C6H13N3O. The van der Waals surface area contributed by atoms with Crippen LogP contribution < -0.4 is 11.6 Å². The van der Waals surface area contributed by atoms with Crippen molar-refractivity contribution in [3.05, 3.63) is 0 Å². The van der Waals surface area contributed by atoms with Crippen LogP contribution in [0.3, 0.4) is 0 Å². The zero-order chi connectivity index (χ0) is 7.61. The molecule has 1 saturated carbocycles. The summed E-state index contributed by atoms with van der Waals surface area (Å²) in [6, 6.07) is 0. The minimum atomic E-state index is -0.325. The van der Waals surface area contributed by atoms with Gasteiger partial charge in [0, 0.05) is 7.11 Å². The number of hydrogen-bond donors (Lipinski definition) is 2. The molecule has 4 nitrogen and oxygen atoms in total. The van der Waals surface area contributed by atoms with Crippen molar-refractivity contribution in [3.8, 4) is 0 Å². The molecule has 0 atom stereocenters. The number of nitrogens with zero attached hydrogens (tertiary/aromatic N) is 1. The van der Waals surface area contributed by atoms with E-state index in [2.05, 4.69) is 5.10 Å². The van der Waals surface area contributed by atoms with Crippen molar-refractivity contribution in [2.75, 3.05) is 7.11 Å². The van der Waals surface area contributed by atoms with Crippen molar-refractivity contribution in [1.29, 1.82) is 0 Å². The highest BCUT2D eigenvalue weighted by Crippen LogP contribution is 2.34. The average molecular weight is 143 g/mol. The molecule has 0 bridgehead atoms. The third-order valence-electron chi connectivity index (χ3n) is 2.16. The normalized spacial score (nSPS) is 23.9. The Kier molecular flexibility index (Phi) is 1.80. The van der Waals surface area contributed by atoms with Gasteiger partial charge in [0.05, 0.1) is 0 Å². The van der Waals surface area contributed by atoms with E-state index in [9.17, 15) is 0 Å². The van der Waals surface area contributed by atoms with Crippen LogP contribution in [0.1, 0.15) is 19.3 Å². The lowest BCUT2D eigenvalue weighted by atomic mass is 9.79. The molecule has 0 aromatic carbocycles. The maximum atomic E-state index is 5.52. The molecule has 0 aromatic heterocycles. The van der Waals surface area contributed by atoms with Crippen LogP contribution in [0.2, 0.25) is 0 Å². The second-order valence-corrected chi connectivity index (χ2v) is 2.57. The van der Waals surface area contributed by atoms with Crippen LogP contribution in [0.15, 0.2) is 5.10 Å². The van der Waals surface area contributed by atoms with Gasteiger partial charge in [-0.05, 0) is 19.3 Å². The van der Waals surface area contributed by atoms with E-state index in [1.54, 1.807) is 7.11 Å². The molecule has 1 aliphatic rings. The van der Waals surface area contributed by atoms with Crippen molar-refractivity contribution >= 4 is 5.84 Å². The van der Waals surface area contributed by atoms with Gasteiger partial charge in [0.25, 0.3) is 0 Å². The molecule has 0 saturated heterocycles. The zero-order valence-corrected chi connectivity index (χ0v) is 6.13. The molecule has 1 fully saturated rings. The SMILES string of the molecule is COC1(C(N)=NN)CCC1. The molecule has 1 rings (SSSR count). The second kappa shape index (κ2) is 2.46. The van der Waals surface area contributed by atoms with Crippen LogP contribution in [0.5, 0.6) is 0 Å². The molecule has 0 heterocycles. The Labute approximate surface area is 60.2 Å². The van der Waals surface area contributed by atoms with Gasteiger partial charge < -0.3 is 16.3 Å². The monoisotopic (exact) mass is 143 g/mol. The molecule has 0 spiro atoms. The minimum Gasteiger partial charge on any atom is -0.383 e. The fraction of sp³-hybridized carbons (Fsp3) is 0.833. The third kappa shape index (κ3) is 0.844. The Hall–Kier alpha value is -0.770. The molecule has 4 heteroatoms. The van der Waals surface area contributed by atoms with Crippen LogP contribution in [-0.2, 0) is 4.74 Å². The van der Waals surface area contributed by atoms with Crippen LogP contribution in [0.4, 0.5) is 0 Å². The fourth-order valence-electron chi connectivity index (χ4n) is 1.18. The maximum absolute atomic E-state index is 5.52. The molecule has 0 aromatic rings.